The monoisotopic (exact) mass is 344 g/mol. The van der Waals surface area contributed by atoms with Crippen LogP contribution in [0, 0.1) is 13.8 Å². The largest absolute Gasteiger partial charge is 0.425 e. The molecule has 0 radical (unpaired) electrons. The molecule has 1 spiro atoms. The normalized spacial score (nSPS) is 19.6. The lowest BCUT2D eigenvalue weighted by Gasteiger charge is -2.35. The Labute approximate surface area is 147 Å². The summed E-state index contributed by atoms with van der Waals surface area (Å²) in [6.45, 7) is 3.36. The second-order valence-corrected chi connectivity index (χ2v) is 7.02. The van der Waals surface area contributed by atoms with Crippen LogP contribution in [0.15, 0.2) is 18.2 Å². The Morgan fingerprint density at radius 1 is 1.12 bits per heavy atom. The van der Waals surface area contributed by atoms with Gasteiger partial charge < -0.3 is 9.64 Å². The molecule has 0 bridgehead atoms. The van der Waals surface area contributed by atoms with Gasteiger partial charge in [0.15, 0.2) is 0 Å². The average Bonchev–Trinajstić information content (AvgIpc) is 2.75. The predicted molar refractivity (Wildman–Crippen MR) is 92.2 cm³/mol. The standard InChI is InChI=1S/C19H24N2O4/c1-13-8-7-9-14(2)16(13)25-15(22)12-21-17(23)19(20(3)18(21)24)10-5-4-6-11-19/h7-9H,4-6,10-12H2,1-3H3. The fourth-order valence-electron chi connectivity index (χ4n) is 3.91. The van der Waals surface area contributed by atoms with Crippen molar-refractivity contribution >= 4 is 17.9 Å². The number of aryl methyl sites for hydroxylation is 2. The minimum Gasteiger partial charge on any atom is -0.425 e. The minimum absolute atomic E-state index is 0.266. The zero-order valence-corrected chi connectivity index (χ0v) is 15.0. The molecule has 1 saturated carbocycles. The molecule has 134 valence electrons. The van der Waals surface area contributed by atoms with Crippen molar-refractivity contribution < 1.29 is 19.1 Å². The van der Waals surface area contributed by atoms with E-state index in [0.29, 0.717) is 18.6 Å². The molecule has 1 aromatic carbocycles. The van der Waals surface area contributed by atoms with Gasteiger partial charge in [-0.25, -0.2) is 9.59 Å². The van der Waals surface area contributed by atoms with Crippen LogP contribution in [0.25, 0.3) is 0 Å². The lowest BCUT2D eigenvalue weighted by molar-refractivity contribution is -0.142. The molecule has 0 unspecified atom stereocenters. The zero-order valence-electron chi connectivity index (χ0n) is 15.0. The summed E-state index contributed by atoms with van der Waals surface area (Å²) in [6.07, 6.45) is 4.24. The molecular weight excluding hydrogens is 320 g/mol. The Hall–Kier alpha value is -2.37. The number of benzene rings is 1. The van der Waals surface area contributed by atoms with Crippen molar-refractivity contribution in [2.45, 2.75) is 51.5 Å². The highest BCUT2D eigenvalue weighted by atomic mass is 16.5. The number of likely N-dealkylation sites (N-methyl/N-ethyl adjacent to an activating group) is 1. The minimum atomic E-state index is -0.770. The summed E-state index contributed by atoms with van der Waals surface area (Å²) in [4.78, 5) is 40.3. The summed E-state index contributed by atoms with van der Waals surface area (Å²) >= 11 is 0. The highest BCUT2D eigenvalue weighted by Crippen LogP contribution is 2.39. The molecule has 3 rings (SSSR count). The first kappa shape index (κ1) is 17.5. The highest BCUT2D eigenvalue weighted by Gasteiger charge is 2.56. The lowest BCUT2D eigenvalue weighted by atomic mass is 9.81. The molecule has 0 N–H and O–H groups in total. The Morgan fingerprint density at radius 2 is 1.72 bits per heavy atom. The van der Waals surface area contributed by atoms with Crippen LogP contribution in [0.4, 0.5) is 4.79 Å². The van der Waals surface area contributed by atoms with E-state index >= 15 is 0 Å². The molecule has 1 aliphatic carbocycles. The van der Waals surface area contributed by atoms with Gasteiger partial charge in [-0.05, 0) is 37.8 Å². The van der Waals surface area contributed by atoms with Crippen molar-refractivity contribution in [1.29, 1.82) is 0 Å². The highest BCUT2D eigenvalue weighted by molar-refractivity contribution is 6.08. The number of rotatable bonds is 3. The third-order valence-electron chi connectivity index (χ3n) is 5.40. The van der Waals surface area contributed by atoms with Crippen LogP contribution in [0.3, 0.4) is 0 Å². The Bertz CT molecular complexity index is 702. The van der Waals surface area contributed by atoms with Gasteiger partial charge in [-0.1, -0.05) is 37.5 Å². The number of ether oxygens (including phenoxy) is 1. The van der Waals surface area contributed by atoms with Crippen LogP contribution in [-0.2, 0) is 9.59 Å². The Morgan fingerprint density at radius 3 is 2.32 bits per heavy atom. The Balaban J connectivity index is 1.75. The van der Waals surface area contributed by atoms with Crippen molar-refractivity contribution in [2.24, 2.45) is 0 Å². The first-order valence-electron chi connectivity index (χ1n) is 8.73. The average molecular weight is 344 g/mol. The van der Waals surface area contributed by atoms with E-state index in [0.717, 1.165) is 35.3 Å². The molecule has 2 fully saturated rings. The summed E-state index contributed by atoms with van der Waals surface area (Å²) in [7, 11) is 1.66. The van der Waals surface area contributed by atoms with Crippen LogP contribution in [0.1, 0.15) is 43.2 Å². The number of carbonyl (C=O) groups excluding carboxylic acids is 3. The molecule has 1 saturated heterocycles. The van der Waals surface area contributed by atoms with Gasteiger partial charge in [0, 0.05) is 7.05 Å². The predicted octanol–water partition coefficient (Wildman–Crippen LogP) is 2.81. The first-order chi connectivity index (χ1) is 11.9. The SMILES string of the molecule is Cc1cccc(C)c1OC(=O)CN1C(=O)N(C)C2(CCCCC2)C1=O. The Kier molecular flexibility index (Phi) is 4.54. The number of nitrogens with zero attached hydrogens (tertiary/aromatic N) is 2. The van der Waals surface area contributed by atoms with E-state index in [1.54, 1.807) is 7.05 Å². The summed E-state index contributed by atoms with van der Waals surface area (Å²) in [5, 5.41) is 0. The molecular formula is C19H24N2O4. The van der Waals surface area contributed by atoms with Crippen molar-refractivity contribution in [1.82, 2.24) is 9.80 Å². The molecule has 1 aromatic rings. The molecule has 0 aromatic heterocycles. The topological polar surface area (TPSA) is 66.9 Å². The van der Waals surface area contributed by atoms with Crippen LogP contribution >= 0.6 is 0 Å². The van der Waals surface area contributed by atoms with Crippen molar-refractivity contribution in [3.8, 4) is 5.75 Å². The van der Waals surface area contributed by atoms with E-state index in [1.165, 1.54) is 4.90 Å². The fourth-order valence-corrected chi connectivity index (χ4v) is 3.91. The quantitative estimate of drug-likeness (QED) is 0.480. The molecule has 1 heterocycles. The first-order valence-corrected chi connectivity index (χ1v) is 8.73. The second-order valence-electron chi connectivity index (χ2n) is 7.02. The van der Waals surface area contributed by atoms with E-state index in [1.807, 2.05) is 32.0 Å². The maximum absolute atomic E-state index is 12.9. The molecule has 3 amide bonds. The molecule has 25 heavy (non-hydrogen) atoms. The van der Waals surface area contributed by atoms with Gasteiger partial charge in [0.1, 0.15) is 17.8 Å². The number of urea groups is 1. The number of carbonyl (C=O) groups is 3. The third-order valence-corrected chi connectivity index (χ3v) is 5.40. The van der Waals surface area contributed by atoms with Gasteiger partial charge in [0.25, 0.3) is 5.91 Å². The van der Waals surface area contributed by atoms with Crippen molar-refractivity contribution in [3.63, 3.8) is 0 Å². The number of amides is 3. The van der Waals surface area contributed by atoms with Gasteiger partial charge in [-0.2, -0.15) is 0 Å². The number of hydrogen-bond acceptors (Lipinski definition) is 4. The maximum atomic E-state index is 12.9. The van der Waals surface area contributed by atoms with E-state index in [4.69, 9.17) is 4.74 Å². The summed E-state index contributed by atoms with van der Waals surface area (Å²) in [6, 6.07) is 5.18. The maximum Gasteiger partial charge on any atom is 0.331 e. The van der Waals surface area contributed by atoms with E-state index in [9.17, 15) is 14.4 Å². The smallest absolute Gasteiger partial charge is 0.331 e. The molecule has 1 aliphatic heterocycles. The second kappa shape index (κ2) is 6.50. The van der Waals surface area contributed by atoms with Gasteiger partial charge in [-0.15, -0.1) is 0 Å². The van der Waals surface area contributed by atoms with Gasteiger partial charge in [0.2, 0.25) is 0 Å². The summed E-state index contributed by atoms with van der Waals surface area (Å²) in [5.41, 5.74) is 0.912. The molecule has 0 atom stereocenters. The van der Waals surface area contributed by atoms with E-state index in [-0.39, 0.29) is 12.5 Å². The third kappa shape index (κ3) is 2.90. The molecule has 6 heteroatoms. The van der Waals surface area contributed by atoms with E-state index in [2.05, 4.69) is 0 Å². The number of imide groups is 1. The van der Waals surface area contributed by atoms with Gasteiger partial charge in [0.05, 0.1) is 0 Å². The molecule has 6 nitrogen and oxygen atoms in total. The number of para-hydroxylation sites is 1. The van der Waals surface area contributed by atoms with Gasteiger partial charge >= 0.3 is 12.0 Å². The van der Waals surface area contributed by atoms with E-state index < -0.39 is 17.5 Å². The van der Waals surface area contributed by atoms with Crippen LogP contribution in [0.5, 0.6) is 5.75 Å². The van der Waals surface area contributed by atoms with Crippen LogP contribution in [0.2, 0.25) is 0 Å². The fraction of sp³-hybridized carbons (Fsp3) is 0.526. The molecule has 2 aliphatic rings. The van der Waals surface area contributed by atoms with Crippen molar-refractivity contribution in [3.05, 3.63) is 29.3 Å². The van der Waals surface area contributed by atoms with Crippen molar-refractivity contribution in [2.75, 3.05) is 13.6 Å². The van der Waals surface area contributed by atoms with Crippen LogP contribution < -0.4 is 4.74 Å². The summed E-state index contributed by atoms with van der Waals surface area (Å²) in [5.74, 6) is -0.370. The lowest BCUT2D eigenvalue weighted by Crippen LogP contribution is -2.49. The zero-order chi connectivity index (χ0) is 18.2. The number of esters is 1. The van der Waals surface area contributed by atoms with Gasteiger partial charge in [-0.3, -0.25) is 9.69 Å². The summed E-state index contributed by atoms with van der Waals surface area (Å²) < 4.78 is 5.44. The van der Waals surface area contributed by atoms with Crippen LogP contribution in [-0.4, -0.2) is 46.8 Å². The number of hydrogen-bond donors (Lipinski definition) is 0.